The Balaban J connectivity index is 1.68. The van der Waals surface area contributed by atoms with Gasteiger partial charge in [-0.15, -0.1) is 0 Å². The van der Waals surface area contributed by atoms with E-state index in [1.807, 2.05) is 24.3 Å². The third-order valence-electron chi connectivity index (χ3n) is 5.98. The molecule has 2 fully saturated rings. The Bertz CT molecular complexity index is 553. The average molecular weight is 334 g/mol. The number of halogens is 1. The first-order valence-corrected chi connectivity index (χ1v) is 9.39. The van der Waals surface area contributed by atoms with Crippen LogP contribution in [0.1, 0.15) is 57.9 Å². The summed E-state index contributed by atoms with van der Waals surface area (Å²) in [5.41, 5.74) is 1.06. The summed E-state index contributed by atoms with van der Waals surface area (Å²) in [7, 11) is 0. The number of carbonyl (C=O) groups is 1. The van der Waals surface area contributed by atoms with Gasteiger partial charge in [0.25, 0.3) is 0 Å². The molecule has 3 rings (SSSR count). The van der Waals surface area contributed by atoms with Crippen molar-refractivity contribution in [2.45, 2.75) is 58.4 Å². The molecule has 1 aromatic carbocycles. The third kappa shape index (κ3) is 3.57. The molecule has 0 unspecified atom stereocenters. The van der Waals surface area contributed by atoms with Gasteiger partial charge in [-0.1, -0.05) is 44.0 Å². The molecule has 5 atom stereocenters. The molecule has 0 saturated heterocycles. The lowest BCUT2D eigenvalue weighted by Gasteiger charge is -2.30. The van der Waals surface area contributed by atoms with Crippen molar-refractivity contribution in [2.24, 2.45) is 23.7 Å². The molecule has 3 heteroatoms. The van der Waals surface area contributed by atoms with Crippen LogP contribution in [-0.2, 0) is 4.79 Å². The van der Waals surface area contributed by atoms with Gasteiger partial charge >= 0.3 is 0 Å². The van der Waals surface area contributed by atoms with Crippen molar-refractivity contribution >= 4 is 17.5 Å². The van der Waals surface area contributed by atoms with Crippen LogP contribution >= 0.6 is 11.6 Å². The lowest BCUT2D eigenvalue weighted by molar-refractivity contribution is -0.124. The second-order valence-corrected chi connectivity index (χ2v) is 8.35. The fraction of sp³-hybridized carbons (Fsp3) is 0.650. The topological polar surface area (TPSA) is 29.1 Å². The van der Waals surface area contributed by atoms with Crippen molar-refractivity contribution in [3.8, 4) is 0 Å². The predicted octanol–water partition coefficient (Wildman–Crippen LogP) is 5.02. The van der Waals surface area contributed by atoms with Gasteiger partial charge in [0, 0.05) is 11.1 Å². The molecule has 2 nitrogen and oxygen atoms in total. The zero-order valence-electron chi connectivity index (χ0n) is 14.4. The Hall–Kier alpha value is -1.02. The summed E-state index contributed by atoms with van der Waals surface area (Å²) < 4.78 is 0. The average Bonchev–Trinajstić information content (AvgIpc) is 3.12. The monoisotopic (exact) mass is 333 g/mol. The number of amides is 1. The van der Waals surface area contributed by atoms with Crippen molar-refractivity contribution < 1.29 is 4.79 Å². The van der Waals surface area contributed by atoms with E-state index in [0.29, 0.717) is 10.9 Å². The molecule has 2 aliphatic rings. The van der Waals surface area contributed by atoms with E-state index in [1.165, 1.54) is 25.7 Å². The van der Waals surface area contributed by atoms with Crippen LogP contribution in [0.4, 0.5) is 0 Å². The third-order valence-corrected chi connectivity index (χ3v) is 6.24. The fourth-order valence-corrected chi connectivity index (χ4v) is 4.96. The first-order valence-electron chi connectivity index (χ1n) is 9.01. The van der Waals surface area contributed by atoms with E-state index in [4.69, 9.17) is 11.6 Å². The van der Waals surface area contributed by atoms with Gasteiger partial charge in [-0.3, -0.25) is 4.79 Å². The van der Waals surface area contributed by atoms with Gasteiger partial charge in [-0.2, -0.15) is 0 Å². The standard InChI is InChI=1S/C20H28ClNO/c1-12(2)19(15-6-8-17(21)9-7-15)20(23)22-13(3)18-11-14-4-5-16(18)10-14/h6-9,12-14,16,18-19H,4-5,10-11H2,1-3H3,(H,22,23)/t13-,14-,16-,18+,19-/m0/s1. The summed E-state index contributed by atoms with van der Waals surface area (Å²) in [4.78, 5) is 12.9. The van der Waals surface area contributed by atoms with Crippen molar-refractivity contribution in [3.63, 3.8) is 0 Å². The zero-order chi connectivity index (χ0) is 16.6. The smallest absolute Gasteiger partial charge is 0.228 e. The molecule has 2 bridgehead atoms. The Labute approximate surface area is 145 Å². The van der Waals surface area contributed by atoms with Crippen molar-refractivity contribution in [2.75, 3.05) is 0 Å². The number of fused-ring (bicyclic) bond motifs is 2. The van der Waals surface area contributed by atoms with Gasteiger partial charge in [0.05, 0.1) is 5.92 Å². The maximum Gasteiger partial charge on any atom is 0.228 e. The van der Waals surface area contributed by atoms with E-state index in [0.717, 1.165) is 17.4 Å². The Kier molecular flexibility index (Phi) is 5.01. The van der Waals surface area contributed by atoms with E-state index in [-0.39, 0.29) is 23.8 Å². The molecule has 126 valence electrons. The Morgan fingerprint density at radius 2 is 1.83 bits per heavy atom. The number of benzene rings is 1. The predicted molar refractivity (Wildman–Crippen MR) is 95.6 cm³/mol. The maximum atomic E-state index is 12.9. The summed E-state index contributed by atoms with van der Waals surface area (Å²) in [6, 6.07) is 7.99. The second kappa shape index (κ2) is 6.84. The minimum atomic E-state index is -0.103. The lowest BCUT2D eigenvalue weighted by atomic mass is 9.83. The summed E-state index contributed by atoms with van der Waals surface area (Å²) in [5, 5.41) is 4.04. The van der Waals surface area contributed by atoms with Crippen LogP contribution in [0.5, 0.6) is 0 Å². The van der Waals surface area contributed by atoms with Gasteiger partial charge in [-0.25, -0.2) is 0 Å². The van der Waals surface area contributed by atoms with Crippen LogP contribution < -0.4 is 5.32 Å². The van der Waals surface area contributed by atoms with Crippen molar-refractivity contribution in [1.29, 1.82) is 0 Å². The van der Waals surface area contributed by atoms with Crippen LogP contribution in [-0.4, -0.2) is 11.9 Å². The first kappa shape index (κ1) is 16.8. The molecular formula is C20H28ClNO. The lowest BCUT2D eigenvalue weighted by Crippen LogP contribution is -2.43. The van der Waals surface area contributed by atoms with Crippen LogP contribution in [0.2, 0.25) is 5.02 Å². The van der Waals surface area contributed by atoms with Gasteiger partial charge < -0.3 is 5.32 Å². The van der Waals surface area contributed by atoms with E-state index in [1.54, 1.807) is 0 Å². The maximum absolute atomic E-state index is 12.9. The number of hydrogen-bond acceptors (Lipinski definition) is 1. The molecule has 0 aromatic heterocycles. The largest absolute Gasteiger partial charge is 0.353 e. The molecule has 0 radical (unpaired) electrons. The van der Waals surface area contributed by atoms with E-state index in [2.05, 4.69) is 26.1 Å². The highest BCUT2D eigenvalue weighted by atomic mass is 35.5. The Morgan fingerprint density at radius 3 is 2.35 bits per heavy atom. The highest BCUT2D eigenvalue weighted by Gasteiger charge is 2.42. The van der Waals surface area contributed by atoms with Crippen molar-refractivity contribution in [1.82, 2.24) is 5.32 Å². The van der Waals surface area contributed by atoms with Crippen LogP contribution in [0.15, 0.2) is 24.3 Å². The number of hydrogen-bond donors (Lipinski definition) is 1. The second-order valence-electron chi connectivity index (χ2n) is 7.91. The molecule has 0 heterocycles. The van der Waals surface area contributed by atoms with Crippen molar-refractivity contribution in [3.05, 3.63) is 34.9 Å². The van der Waals surface area contributed by atoms with E-state index < -0.39 is 0 Å². The van der Waals surface area contributed by atoms with E-state index >= 15 is 0 Å². The molecule has 0 aliphatic heterocycles. The van der Waals surface area contributed by atoms with E-state index in [9.17, 15) is 4.79 Å². The van der Waals surface area contributed by atoms with Crippen LogP contribution in [0.25, 0.3) is 0 Å². The summed E-state index contributed by atoms with van der Waals surface area (Å²) in [6.45, 7) is 6.42. The highest BCUT2D eigenvalue weighted by molar-refractivity contribution is 6.30. The van der Waals surface area contributed by atoms with Gasteiger partial charge in [-0.05, 0) is 67.6 Å². The normalized spacial score (nSPS) is 28.8. The highest BCUT2D eigenvalue weighted by Crippen LogP contribution is 2.49. The minimum Gasteiger partial charge on any atom is -0.353 e. The molecule has 2 aliphatic carbocycles. The van der Waals surface area contributed by atoms with Crippen LogP contribution in [0.3, 0.4) is 0 Å². The molecule has 1 amide bonds. The molecular weight excluding hydrogens is 306 g/mol. The van der Waals surface area contributed by atoms with Gasteiger partial charge in [0.15, 0.2) is 0 Å². The molecule has 1 N–H and O–H groups in total. The van der Waals surface area contributed by atoms with Gasteiger partial charge in [0.1, 0.15) is 0 Å². The van der Waals surface area contributed by atoms with Crippen LogP contribution in [0, 0.1) is 23.7 Å². The SMILES string of the molecule is CC(C)[C@H](C(=O)N[C@@H](C)[C@H]1C[C@H]2CC[C@H]1C2)c1ccc(Cl)cc1. The molecule has 2 saturated carbocycles. The zero-order valence-corrected chi connectivity index (χ0v) is 15.1. The Morgan fingerprint density at radius 1 is 1.13 bits per heavy atom. The number of nitrogens with one attached hydrogen (secondary N) is 1. The van der Waals surface area contributed by atoms with Gasteiger partial charge in [0.2, 0.25) is 5.91 Å². The number of rotatable bonds is 5. The molecule has 0 spiro atoms. The fourth-order valence-electron chi connectivity index (χ4n) is 4.84. The summed E-state index contributed by atoms with van der Waals surface area (Å²) in [5.74, 6) is 2.76. The quantitative estimate of drug-likeness (QED) is 0.805. The first-order chi connectivity index (χ1) is 11.0. The minimum absolute atomic E-state index is 0.103. The number of carbonyl (C=O) groups excluding carboxylic acids is 1. The summed E-state index contributed by atoms with van der Waals surface area (Å²) in [6.07, 6.45) is 5.45. The molecule has 1 aromatic rings. The molecule has 23 heavy (non-hydrogen) atoms. The summed E-state index contributed by atoms with van der Waals surface area (Å²) >= 11 is 5.98.